The van der Waals surface area contributed by atoms with Gasteiger partial charge in [0.15, 0.2) is 0 Å². The number of aliphatic hydroxyl groups is 2. The maximum absolute atomic E-state index is 11.1. The highest BCUT2D eigenvalue weighted by molar-refractivity contribution is 5.87. The Bertz CT molecular complexity index is 1330. The number of benzene rings is 1. The molecule has 0 radical (unpaired) electrons. The van der Waals surface area contributed by atoms with Crippen LogP contribution in [0.15, 0.2) is 66.0 Å². The van der Waals surface area contributed by atoms with Crippen molar-refractivity contribution in [1.29, 1.82) is 0 Å². The van der Waals surface area contributed by atoms with Gasteiger partial charge in [-0.25, -0.2) is 0 Å². The SMILES string of the molecule is CN(C)C1C[C@@]23CC[C@@]4(O2)C(=CC[C@]2(C)C(c5ccc6ccncc6c5)=CC[C@H]24)C=C3[C@@H](O)[C@@H]1O. The van der Waals surface area contributed by atoms with Crippen LogP contribution in [0.4, 0.5) is 0 Å². The summed E-state index contributed by atoms with van der Waals surface area (Å²) in [6.45, 7) is 2.42. The number of aromatic nitrogens is 1. The monoisotopic (exact) mass is 470 g/mol. The Morgan fingerprint density at radius 3 is 2.77 bits per heavy atom. The fraction of sp³-hybridized carbons (Fsp3) is 0.500. The van der Waals surface area contributed by atoms with Gasteiger partial charge in [-0.3, -0.25) is 4.98 Å². The van der Waals surface area contributed by atoms with Crippen molar-refractivity contribution in [3.05, 3.63) is 71.6 Å². The first kappa shape index (κ1) is 21.9. The van der Waals surface area contributed by atoms with Crippen molar-refractivity contribution >= 4 is 16.3 Å². The fourth-order valence-electron chi connectivity index (χ4n) is 8.20. The molecule has 7 rings (SSSR count). The average Bonchev–Trinajstić information content (AvgIpc) is 3.37. The average molecular weight is 471 g/mol. The van der Waals surface area contributed by atoms with Crippen molar-refractivity contribution in [3.63, 3.8) is 0 Å². The minimum Gasteiger partial charge on any atom is -0.388 e. The lowest BCUT2D eigenvalue weighted by molar-refractivity contribution is -0.161. The normalized spacial score (nSPS) is 41.7. The number of hydrogen-bond acceptors (Lipinski definition) is 5. The van der Waals surface area contributed by atoms with E-state index in [-0.39, 0.29) is 17.1 Å². The number of pyridine rings is 1. The highest BCUT2D eigenvalue weighted by Gasteiger charge is 2.67. The highest BCUT2D eigenvalue weighted by Crippen LogP contribution is 2.67. The summed E-state index contributed by atoms with van der Waals surface area (Å²) in [5.41, 5.74) is 3.99. The maximum atomic E-state index is 11.1. The highest BCUT2D eigenvalue weighted by atomic mass is 16.5. The number of hydrogen-bond donors (Lipinski definition) is 2. The molecule has 1 saturated heterocycles. The smallest absolute Gasteiger partial charge is 0.105 e. The van der Waals surface area contributed by atoms with Crippen molar-refractivity contribution in [2.45, 2.75) is 68.5 Å². The molecule has 2 aliphatic heterocycles. The van der Waals surface area contributed by atoms with Gasteiger partial charge in [0.25, 0.3) is 0 Å². The van der Waals surface area contributed by atoms with E-state index in [4.69, 9.17) is 4.74 Å². The van der Waals surface area contributed by atoms with Crippen LogP contribution in [0.3, 0.4) is 0 Å². The van der Waals surface area contributed by atoms with E-state index >= 15 is 0 Å². The van der Waals surface area contributed by atoms with E-state index in [9.17, 15) is 10.2 Å². The molecule has 2 aromatic rings. The summed E-state index contributed by atoms with van der Waals surface area (Å²) in [4.78, 5) is 6.37. The lowest BCUT2D eigenvalue weighted by Crippen LogP contribution is -2.61. The topological polar surface area (TPSA) is 65.8 Å². The van der Waals surface area contributed by atoms with Gasteiger partial charge in [0.05, 0.1) is 17.3 Å². The molecule has 1 aromatic heterocycles. The van der Waals surface area contributed by atoms with Gasteiger partial charge < -0.3 is 19.8 Å². The molecule has 2 bridgehead atoms. The van der Waals surface area contributed by atoms with Crippen molar-refractivity contribution in [1.82, 2.24) is 9.88 Å². The maximum Gasteiger partial charge on any atom is 0.105 e. The van der Waals surface area contributed by atoms with E-state index in [0.717, 1.165) is 37.7 Å². The van der Waals surface area contributed by atoms with Gasteiger partial charge in [0, 0.05) is 35.2 Å². The van der Waals surface area contributed by atoms with Gasteiger partial charge in [-0.1, -0.05) is 37.3 Å². The zero-order chi connectivity index (χ0) is 24.2. The summed E-state index contributed by atoms with van der Waals surface area (Å²) >= 11 is 0. The second kappa shape index (κ2) is 7.13. The molecule has 1 saturated carbocycles. The first-order valence-electron chi connectivity index (χ1n) is 13.0. The molecule has 35 heavy (non-hydrogen) atoms. The summed E-state index contributed by atoms with van der Waals surface area (Å²) in [7, 11) is 3.96. The molecule has 0 amide bonds. The third-order valence-corrected chi connectivity index (χ3v) is 10.0. The van der Waals surface area contributed by atoms with E-state index in [1.165, 1.54) is 27.5 Å². The predicted molar refractivity (Wildman–Crippen MR) is 137 cm³/mol. The molecule has 1 aromatic carbocycles. The van der Waals surface area contributed by atoms with Crippen molar-refractivity contribution < 1.29 is 14.9 Å². The lowest BCUT2D eigenvalue weighted by atomic mass is 9.58. The summed E-state index contributed by atoms with van der Waals surface area (Å²) < 4.78 is 7.24. The third kappa shape index (κ3) is 2.76. The van der Waals surface area contributed by atoms with Crippen LogP contribution in [-0.4, -0.2) is 63.6 Å². The molecule has 3 heterocycles. The van der Waals surface area contributed by atoms with Gasteiger partial charge >= 0.3 is 0 Å². The molecule has 2 fully saturated rings. The van der Waals surface area contributed by atoms with Crippen molar-refractivity contribution in [2.75, 3.05) is 14.1 Å². The number of ether oxygens (including phenoxy) is 1. The molecule has 5 nitrogen and oxygen atoms in total. The first-order chi connectivity index (χ1) is 16.8. The Hall–Kier alpha value is -2.31. The Balaban J connectivity index is 1.30. The molecule has 3 aliphatic carbocycles. The summed E-state index contributed by atoms with van der Waals surface area (Å²) in [6.07, 6.45) is 13.7. The quantitative estimate of drug-likeness (QED) is 0.687. The molecule has 2 spiro atoms. The Labute approximate surface area is 206 Å². The van der Waals surface area contributed by atoms with Crippen LogP contribution < -0.4 is 0 Å². The number of rotatable bonds is 2. The minimum absolute atomic E-state index is 0.00992. The largest absolute Gasteiger partial charge is 0.388 e. The van der Waals surface area contributed by atoms with Crippen LogP contribution in [0.25, 0.3) is 16.3 Å². The molecule has 182 valence electrons. The molecule has 2 N–H and O–H groups in total. The van der Waals surface area contributed by atoms with E-state index in [1.807, 2.05) is 31.4 Å². The van der Waals surface area contributed by atoms with E-state index < -0.39 is 17.8 Å². The minimum atomic E-state index is -0.884. The van der Waals surface area contributed by atoms with Crippen LogP contribution in [0, 0.1) is 11.3 Å². The molecular formula is C30H34N2O3. The number of fused-ring (bicyclic) bond motifs is 2. The van der Waals surface area contributed by atoms with Crippen LogP contribution >= 0.6 is 0 Å². The molecular weight excluding hydrogens is 436 g/mol. The Kier molecular flexibility index (Phi) is 4.47. The second-order valence-electron chi connectivity index (χ2n) is 11.9. The van der Waals surface area contributed by atoms with Crippen molar-refractivity contribution in [2.24, 2.45) is 11.3 Å². The van der Waals surface area contributed by atoms with Crippen LogP contribution in [0.1, 0.15) is 44.6 Å². The van der Waals surface area contributed by atoms with E-state index in [2.05, 4.69) is 54.4 Å². The third-order valence-electron chi connectivity index (χ3n) is 10.0. The lowest BCUT2D eigenvalue weighted by Gasteiger charge is -2.55. The van der Waals surface area contributed by atoms with Gasteiger partial charge in [-0.05, 0) is 86.0 Å². The Morgan fingerprint density at radius 1 is 1.09 bits per heavy atom. The van der Waals surface area contributed by atoms with Crippen LogP contribution in [0.5, 0.6) is 0 Å². The molecule has 5 aliphatic rings. The fourth-order valence-corrected chi connectivity index (χ4v) is 8.20. The number of likely N-dealkylation sites (N-methyl/N-ethyl adjacent to an activating group) is 1. The first-order valence-corrected chi connectivity index (χ1v) is 13.0. The summed E-state index contributed by atoms with van der Waals surface area (Å²) in [6, 6.07) is 8.69. The van der Waals surface area contributed by atoms with Gasteiger partial charge in [-0.2, -0.15) is 0 Å². The number of aliphatic hydroxyl groups excluding tert-OH is 2. The standard InChI is InChI=1S/C30H34N2O3/c1-28-10-8-21-15-23-26(33)27(34)24(32(2)3)16-29(23)11-12-30(21,35-29)25(28)7-6-22(28)19-5-4-18-9-13-31-17-20(18)14-19/h4-6,8-9,13-15,17,24-27,33-34H,7,10-12,16H2,1-3H3/t24?,25-,26-,27-,28-,29-,30-/m1/s1. The summed E-state index contributed by atoms with van der Waals surface area (Å²) in [5, 5.41) is 24.4. The van der Waals surface area contributed by atoms with Gasteiger partial charge in [-0.15, -0.1) is 0 Å². The van der Waals surface area contributed by atoms with Crippen LogP contribution in [0.2, 0.25) is 0 Å². The zero-order valence-corrected chi connectivity index (χ0v) is 20.7. The summed E-state index contributed by atoms with van der Waals surface area (Å²) in [5.74, 6) is 0.355. The molecule has 7 atom stereocenters. The second-order valence-corrected chi connectivity index (χ2v) is 11.9. The Morgan fingerprint density at radius 2 is 1.94 bits per heavy atom. The van der Waals surface area contributed by atoms with E-state index in [0.29, 0.717) is 5.92 Å². The van der Waals surface area contributed by atoms with Crippen molar-refractivity contribution in [3.8, 4) is 0 Å². The molecule has 1 unspecified atom stereocenters. The molecule has 5 heteroatoms. The van der Waals surface area contributed by atoms with Gasteiger partial charge in [0.2, 0.25) is 0 Å². The van der Waals surface area contributed by atoms with Crippen LogP contribution in [-0.2, 0) is 4.74 Å². The number of nitrogens with zero attached hydrogens (tertiary/aromatic N) is 2. The predicted octanol–water partition coefficient (Wildman–Crippen LogP) is 4.26. The zero-order valence-electron chi connectivity index (χ0n) is 20.7. The van der Waals surface area contributed by atoms with Gasteiger partial charge in [0.1, 0.15) is 6.10 Å². The van der Waals surface area contributed by atoms with E-state index in [1.54, 1.807) is 0 Å². The number of allylic oxidation sites excluding steroid dienone is 3.